The molecule has 1 fully saturated rings. The van der Waals surface area contributed by atoms with Crippen molar-refractivity contribution >= 4 is 27.6 Å². The second-order valence-corrected chi connectivity index (χ2v) is 7.21. The number of benzene rings is 1. The molecule has 1 saturated heterocycles. The van der Waals surface area contributed by atoms with E-state index < -0.39 is 34.6 Å². The van der Waals surface area contributed by atoms with Crippen LogP contribution in [0, 0.1) is 5.92 Å². The monoisotopic (exact) mass is 333 g/mol. The van der Waals surface area contributed by atoms with E-state index in [2.05, 4.69) is 0 Å². The lowest BCUT2D eigenvalue weighted by Crippen LogP contribution is -2.49. The zero-order chi connectivity index (χ0) is 15.6. The fourth-order valence-electron chi connectivity index (χ4n) is 2.52. The summed E-state index contributed by atoms with van der Waals surface area (Å²) in [7, 11) is -3.85. The molecule has 8 heteroatoms. The van der Waals surface area contributed by atoms with Gasteiger partial charge >= 0.3 is 5.97 Å². The summed E-state index contributed by atoms with van der Waals surface area (Å²) in [4.78, 5) is 11.0. The highest BCUT2D eigenvalue weighted by Gasteiger charge is 2.39. The summed E-state index contributed by atoms with van der Waals surface area (Å²) < 4.78 is 26.4. The molecular formula is C13H16ClNO5S. The maximum Gasteiger partial charge on any atom is 0.306 e. The van der Waals surface area contributed by atoms with Crippen molar-refractivity contribution < 1.29 is 23.4 Å². The zero-order valence-electron chi connectivity index (χ0n) is 11.1. The molecule has 0 amide bonds. The summed E-state index contributed by atoms with van der Waals surface area (Å²) in [6, 6.07) is 5.32. The Morgan fingerprint density at radius 1 is 1.38 bits per heavy atom. The molecule has 21 heavy (non-hydrogen) atoms. The number of carboxylic acid groups (broad SMARTS) is 1. The normalized spacial score (nSPS) is 23.9. The van der Waals surface area contributed by atoms with Crippen molar-refractivity contribution in [2.45, 2.75) is 23.8 Å². The van der Waals surface area contributed by atoms with Crippen LogP contribution < -0.4 is 0 Å². The SMILES string of the molecule is O=C(O)[C@@H]1CCN(S(=O)(=O)c2ccccc2Cl)[C@@H](CO)C1. The summed E-state index contributed by atoms with van der Waals surface area (Å²) in [5, 5.41) is 18.5. The smallest absolute Gasteiger partial charge is 0.306 e. The molecule has 0 spiro atoms. The molecule has 0 aromatic heterocycles. The number of sulfonamides is 1. The van der Waals surface area contributed by atoms with E-state index in [4.69, 9.17) is 16.7 Å². The van der Waals surface area contributed by atoms with E-state index in [1.54, 1.807) is 12.1 Å². The molecule has 1 aliphatic rings. The van der Waals surface area contributed by atoms with E-state index in [1.807, 2.05) is 0 Å². The number of piperidine rings is 1. The molecular weight excluding hydrogens is 318 g/mol. The van der Waals surface area contributed by atoms with Crippen molar-refractivity contribution in [3.8, 4) is 0 Å². The van der Waals surface area contributed by atoms with E-state index in [0.717, 1.165) is 4.31 Å². The van der Waals surface area contributed by atoms with Gasteiger partial charge in [0, 0.05) is 12.6 Å². The molecule has 6 nitrogen and oxygen atoms in total. The number of rotatable bonds is 4. The first-order valence-corrected chi connectivity index (χ1v) is 8.29. The summed E-state index contributed by atoms with van der Waals surface area (Å²) in [6.45, 7) is -0.372. The van der Waals surface area contributed by atoms with E-state index in [9.17, 15) is 18.3 Å². The number of nitrogens with zero attached hydrogens (tertiary/aromatic N) is 1. The van der Waals surface area contributed by atoms with Gasteiger partial charge < -0.3 is 10.2 Å². The number of halogens is 1. The quantitative estimate of drug-likeness (QED) is 0.863. The van der Waals surface area contributed by atoms with Gasteiger partial charge in [-0.3, -0.25) is 4.79 Å². The minimum Gasteiger partial charge on any atom is -0.481 e. The van der Waals surface area contributed by atoms with E-state index in [0.29, 0.717) is 0 Å². The van der Waals surface area contributed by atoms with Crippen molar-refractivity contribution in [1.82, 2.24) is 4.31 Å². The van der Waals surface area contributed by atoms with Gasteiger partial charge in [-0.25, -0.2) is 8.42 Å². The fourth-order valence-corrected chi connectivity index (χ4v) is 4.65. The summed E-state index contributed by atoms with van der Waals surface area (Å²) >= 11 is 5.94. The summed E-state index contributed by atoms with van der Waals surface area (Å²) in [5.41, 5.74) is 0. The number of aliphatic hydroxyl groups is 1. The number of aliphatic hydroxyl groups excluding tert-OH is 1. The van der Waals surface area contributed by atoms with Gasteiger partial charge in [0.25, 0.3) is 0 Å². The maximum absolute atomic E-state index is 12.6. The van der Waals surface area contributed by atoms with Gasteiger partial charge in [-0.05, 0) is 25.0 Å². The lowest BCUT2D eigenvalue weighted by Gasteiger charge is -2.36. The van der Waals surface area contributed by atoms with E-state index in [-0.39, 0.29) is 29.3 Å². The minimum absolute atomic E-state index is 0.0288. The predicted molar refractivity (Wildman–Crippen MR) is 76.6 cm³/mol. The minimum atomic E-state index is -3.85. The first-order chi connectivity index (χ1) is 9.87. The Morgan fingerprint density at radius 3 is 2.62 bits per heavy atom. The molecule has 1 aliphatic heterocycles. The van der Waals surface area contributed by atoms with E-state index >= 15 is 0 Å². The molecule has 0 saturated carbocycles. The first-order valence-electron chi connectivity index (χ1n) is 6.48. The van der Waals surface area contributed by atoms with Crippen LogP contribution in [0.4, 0.5) is 0 Å². The van der Waals surface area contributed by atoms with Crippen molar-refractivity contribution in [3.63, 3.8) is 0 Å². The Bertz CT molecular complexity index is 633. The van der Waals surface area contributed by atoms with Crippen LogP contribution in [-0.4, -0.2) is 48.1 Å². The molecule has 0 radical (unpaired) electrons. The Kier molecular flexibility index (Phi) is 4.88. The van der Waals surface area contributed by atoms with Gasteiger partial charge in [0.1, 0.15) is 4.90 Å². The van der Waals surface area contributed by atoms with Gasteiger partial charge in [-0.1, -0.05) is 23.7 Å². The molecule has 116 valence electrons. The standard InChI is InChI=1S/C13H16ClNO5S/c14-11-3-1-2-4-12(11)21(19,20)15-6-5-9(13(17)18)7-10(15)8-16/h1-4,9-10,16H,5-8H2,(H,17,18)/t9-,10-/m1/s1. The van der Waals surface area contributed by atoms with Gasteiger partial charge in [0.05, 0.1) is 17.5 Å². The molecule has 0 aliphatic carbocycles. The summed E-state index contributed by atoms with van der Waals surface area (Å²) in [6.07, 6.45) is 0.311. The lowest BCUT2D eigenvalue weighted by molar-refractivity contribution is -0.143. The maximum atomic E-state index is 12.6. The Balaban J connectivity index is 2.32. The van der Waals surface area contributed by atoms with Crippen LogP contribution in [0.2, 0.25) is 5.02 Å². The Hall–Kier alpha value is -1.15. The average Bonchev–Trinajstić information content (AvgIpc) is 2.46. The second kappa shape index (κ2) is 6.31. The topological polar surface area (TPSA) is 94.9 Å². The fraction of sp³-hybridized carbons (Fsp3) is 0.462. The number of aliphatic carboxylic acids is 1. The van der Waals surface area contributed by atoms with Crippen molar-refractivity contribution in [1.29, 1.82) is 0 Å². The molecule has 2 rings (SSSR count). The molecule has 1 aromatic rings. The highest BCUT2D eigenvalue weighted by atomic mass is 35.5. The van der Waals surface area contributed by atoms with Crippen LogP contribution in [0.3, 0.4) is 0 Å². The van der Waals surface area contributed by atoms with E-state index in [1.165, 1.54) is 12.1 Å². The van der Waals surface area contributed by atoms with Crippen LogP contribution in [0.15, 0.2) is 29.2 Å². The third-order valence-corrected chi connectivity index (χ3v) is 6.10. The van der Waals surface area contributed by atoms with Crippen LogP contribution in [0.5, 0.6) is 0 Å². The number of carbonyl (C=O) groups is 1. The third-order valence-electron chi connectivity index (χ3n) is 3.65. The first kappa shape index (κ1) is 16.2. The highest BCUT2D eigenvalue weighted by Crippen LogP contribution is 2.31. The van der Waals surface area contributed by atoms with Gasteiger partial charge in [0.15, 0.2) is 0 Å². The molecule has 2 N–H and O–H groups in total. The molecule has 1 heterocycles. The highest BCUT2D eigenvalue weighted by molar-refractivity contribution is 7.89. The third kappa shape index (κ3) is 3.21. The number of hydrogen-bond acceptors (Lipinski definition) is 4. The molecule has 0 bridgehead atoms. The second-order valence-electron chi connectivity index (χ2n) is 4.94. The Morgan fingerprint density at radius 2 is 2.05 bits per heavy atom. The lowest BCUT2D eigenvalue weighted by atomic mass is 9.93. The Labute approximate surface area is 128 Å². The van der Waals surface area contributed by atoms with Crippen LogP contribution in [-0.2, 0) is 14.8 Å². The van der Waals surface area contributed by atoms with Crippen molar-refractivity contribution in [3.05, 3.63) is 29.3 Å². The predicted octanol–water partition coefficient (Wildman–Crippen LogP) is 1.19. The van der Waals surface area contributed by atoms with Crippen LogP contribution in [0.25, 0.3) is 0 Å². The van der Waals surface area contributed by atoms with Crippen LogP contribution >= 0.6 is 11.6 Å². The zero-order valence-corrected chi connectivity index (χ0v) is 12.7. The summed E-state index contributed by atoms with van der Waals surface area (Å²) in [5.74, 6) is -1.61. The largest absolute Gasteiger partial charge is 0.481 e. The molecule has 1 aromatic carbocycles. The number of hydrogen-bond donors (Lipinski definition) is 2. The van der Waals surface area contributed by atoms with Gasteiger partial charge in [-0.2, -0.15) is 4.31 Å². The van der Waals surface area contributed by atoms with Crippen LogP contribution in [0.1, 0.15) is 12.8 Å². The average molecular weight is 334 g/mol. The van der Waals surface area contributed by atoms with Gasteiger partial charge in [0.2, 0.25) is 10.0 Å². The molecule has 2 atom stereocenters. The van der Waals surface area contributed by atoms with Gasteiger partial charge in [-0.15, -0.1) is 0 Å². The van der Waals surface area contributed by atoms with Crippen molar-refractivity contribution in [2.75, 3.05) is 13.2 Å². The molecule has 0 unspecified atom stereocenters. The number of carboxylic acids is 1. The van der Waals surface area contributed by atoms with Crippen molar-refractivity contribution in [2.24, 2.45) is 5.92 Å².